The molecule has 4 rings (SSSR count). The molecule has 0 saturated heterocycles. The zero-order chi connectivity index (χ0) is 18.5. The fraction of sp³-hybridized carbons (Fsp3) is 0.125. The van der Waals surface area contributed by atoms with E-state index in [1.165, 1.54) is 16.7 Å². The Morgan fingerprint density at radius 1 is 0.815 bits per heavy atom. The second-order valence-corrected chi connectivity index (χ2v) is 6.52. The molecule has 1 heterocycles. The van der Waals surface area contributed by atoms with Gasteiger partial charge in [0.25, 0.3) is 0 Å². The van der Waals surface area contributed by atoms with Crippen molar-refractivity contribution in [3.05, 3.63) is 120 Å². The van der Waals surface area contributed by atoms with Crippen LogP contribution in [0.15, 0.2) is 97.3 Å². The summed E-state index contributed by atoms with van der Waals surface area (Å²) < 4.78 is 7.49. The van der Waals surface area contributed by atoms with Crippen LogP contribution in [0.2, 0.25) is 0 Å². The summed E-state index contributed by atoms with van der Waals surface area (Å²) in [5, 5.41) is 0. The Labute approximate surface area is 159 Å². The summed E-state index contributed by atoms with van der Waals surface area (Å²) in [5.41, 5.74) is 3.70. The third kappa shape index (κ3) is 3.77. The lowest BCUT2D eigenvalue weighted by Crippen LogP contribution is -2.12. The SMILES string of the molecule is COc1ccc(Cn2ccnc2C(c2ccccc2)c2ccccc2)cc1. The van der Waals surface area contributed by atoms with Gasteiger partial charge in [0.15, 0.2) is 0 Å². The average molecular weight is 354 g/mol. The van der Waals surface area contributed by atoms with Crippen LogP contribution in [-0.2, 0) is 6.54 Å². The molecule has 0 N–H and O–H groups in total. The summed E-state index contributed by atoms with van der Waals surface area (Å²) in [4.78, 5) is 4.74. The third-order valence-corrected chi connectivity index (χ3v) is 4.78. The second-order valence-electron chi connectivity index (χ2n) is 6.52. The number of imidazole rings is 1. The van der Waals surface area contributed by atoms with Gasteiger partial charge in [-0.1, -0.05) is 72.8 Å². The van der Waals surface area contributed by atoms with Crippen molar-refractivity contribution in [1.29, 1.82) is 0 Å². The summed E-state index contributed by atoms with van der Waals surface area (Å²) in [5.74, 6) is 2.01. The Balaban J connectivity index is 1.72. The molecular weight excluding hydrogens is 332 g/mol. The van der Waals surface area contributed by atoms with Crippen LogP contribution in [0.5, 0.6) is 5.75 Å². The topological polar surface area (TPSA) is 27.1 Å². The third-order valence-electron chi connectivity index (χ3n) is 4.78. The van der Waals surface area contributed by atoms with Crippen molar-refractivity contribution < 1.29 is 4.74 Å². The molecular formula is C24H22N2O. The largest absolute Gasteiger partial charge is 0.497 e. The van der Waals surface area contributed by atoms with Crippen LogP contribution in [0, 0.1) is 0 Å². The molecule has 3 nitrogen and oxygen atoms in total. The van der Waals surface area contributed by atoms with E-state index in [-0.39, 0.29) is 5.92 Å². The minimum atomic E-state index is 0.0978. The average Bonchev–Trinajstić information content (AvgIpc) is 3.18. The van der Waals surface area contributed by atoms with Gasteiger partial charge in [-0.2, -0.15) is 0 Å². The number of ether oxygens (including phenoxy) is 1. The highest BCUT2D eigenvalue weighted by Crippen LogP contribution is 2.31. The van der Waals surface area contributed by atoms with Gasteiger partial charge in [-0.3, -0.25) is 0 Å². The Hall–Kier alpha value is -3.33. The Morgan fingerprint density at radius 3 is 1.96 bits per heavy atom. The molecule has 134 valence electrons. The van der Waals surface area contributed by atoms with E-state index in [4.69, 9.17) is 9.72 Å². The predicted molar refractivity (Wildman–Crippen MR) is 108 cm³/mol. The van der Waals surface area contributed by atoms with Crippen LogP contribution in [0.25, 0.3) is 0 Å². The molecule has 0 saturated carbocycles. The van der Waals surface area contributed by atoms with Gasteiger partial charge in [-0.05, 0) is 28.8 Å². The van der Waals surface area contributed by atoms with Crippen molar-refractivity contribution in [1.82, 2.24) is 9.55 Å². The molecule has 0 aliphatic heterocycles. The molecule has 0 aliphatic carbocycles. The van der Waals surface area contributed by atoms with E-state index in [0.29, 0.717) is 0 Å². The smallest absolute Gasteiger partial charge is 0.120 e. The van der Waals surface area contributed by atoms with Gasteiger partial charge in [0.05, 0.1) is 13.0 Å². The Bertz CT molecular complexity index is 936. The number of benzene rings is 3. The molecule has 0 aliphatic rings. The van der Waals surface area contributed by atoms with E-state index in [1.54, 1.807) is 7.11 Å². The van der Waals surface area contributed by atoms with Gasteiger partial charge in [0, 0.05) is 18.9 Å². The summed E-state index contributed by atoms with van der Waals surface area (Å²) in [6, 6.07) is 29.3. The molecule has 3 heteroatoms. The van der Waals surface area contributed by atoms with Crippen molar-refractivity contribution in [3.63, 3.8) is 0 Å². The zero-order valence-electron chi connectivity index (χ0n) is 15.3. The number of nitrogens with zero attached hydrogens (tertiary/aromatic N) is 2. The van der Waals surface area contributed by atoms with Gasteiger partial charge >= 0.3 is 0 Å². The molecule has 0 atom stereocenters. The van der Waals surface area contributed by atoms with Gasteiger partial charge in [0.2, 0.25) is 0 Å². The van der Waals surface area contributed by atoms with Crippen molar-refractivity contribution in [2.45, 2.75) is 12.5 Å². The molecule has 1 aromatic heterocycles. The first-order valence-corrected chi connectivity index (χ1v) is 9.09. The van der Waals surface area contributed by atoms with Gasteiger partial charge in [-0.25, -0.2) is 4.98 Å². The first-order chi connectivity index (χ1) is 13.3. The highest BCUT2D eigenvalue weighted by atomic mass is 16.5. The van der Waals surface area contributed by atoms with E-state index < -0.39 is 0 Å². The number of hydrogen-bond donors (Lipinski definition) is 0. The monoisotopic (exact) mass is 354 g/mol. The summed E-state index contributed by atoms with van der Waals surface area (Å²) in [6.45, 7) is 0.773. The lowest BCUT2D eigenvalue weighted by molar-refractivity contribution is 0.414. The number of rotatable bonds is 6. The van der Waals surface area contributed by atoms with Crippen LogP contribution in [0.3, 0.4) is 0 Å². The van der Waals surface area contributed by atoms with Crippen LogP contribution < -0.4 is 4.74 Å². The van der Waals surface area contributed by atoms with E-state index >= 15 is 0 Å². The zero-order valence-corrected chi connectivity index (χ0v) is 15.3. The maximum atomic E-state index is 5.26. The van der Waals surface area contributed by atoms with Crippen LogP contribution >= 0.6 is 0 Å². The van der Waals surface area contributed by atoms with Crippen molar-refractivity contribution >= 4 is 0 Å². The quantitative estimate of drug-likeness (QED) is 0.480. The predicted octanol–water partition coefficient (Wildman–Crippen LogP) is 5.12. The molecule has 4 aromatic rings. The minimum absolute atomic E-state index is 0.0978. The number of aromatic nitrogens is 2. The van der Waals surface area contributed by atoms with Crippen molar-refractivity contribution in [2.75, 3.05) is 7.11 Å². The molecule has 0 unspecified atom stereocenters. The van der Waals surface area contributed by atoms with E-state index in [0.717, 1.165) is 18.1 Å². The van der Waals surface area contributed by atoms with Gasteiger partial charge < -0.3 is 9.30 Å². The molecule has 27 heavy (non-hydrogen) atoms. The summed E-state index contributed by atoms with van der Waals surface area (Å²) in [6.07, 6.45) is 3.94. The highest BCUT2D eigenvalue weighted by molar-refractivity contribution is 5.39. The standard InChI is InChI=1S/C24H22N2O/c1-27-22-14-12-19(13-15-22)18-26-17-16-25-24(26)23(20-8-4-2-5-9-20)21-10-6-3-7-11-21/h2-17,23H,18H2,1H3. The first-order valence-electron chi connectivity index (χ1n) is 9.09. The van der Waals surface area contributed by atoms with E-state index in [1.807, 2.05) is 18.3 Å². The Morgan fingerprint density at radius 2 is 1.41 bits per heavy atom. The van der Waals surface area contributed by atoms with Gasteiger partial charge in [0.1, 0.15) is 11.6 Å². The molecule has 3 aromatic carbocycles. The Kier molecular flexibility index (Phi) is 5.01. The normalized spacial score (nSPS) is 10.9. The summed E-state index contributed by atoms with van der Waals surface area (Å²) in [7, 11) is 1.69. The molecule has 0 radical (unpaired) electrons. The second kappa shape index (κ2) is 7.92. The van der Waals surface area contributed by atoms with Crippen molar-refractivity contribution in [3.8, 4) is 5.75 Å². The first kappa shape index (κ1) is 17.1. The van der Waals surface area contributed by atoms with E-state index in [2.05, 4.69) is 83.6 Å². The fourth-order valence-corrected chi connectivity index (χ4v) is 3.42. The minimum Gasteiger partial charge on any atom is -0.497 e. The van der Waals surface area contributed by atoms with E-state index in [9.17, 15) is 0 Å². The number of methoxy groups -OCH3 is 1. The lowest BCUT2D eigenvalue weighted by atomic mass is 9.90. The molecule has 0 bridgehead atoms. The van der Waals surface area contributed by atoms with Crippen LogP contribution in [0.4, 0.5) is 0 Å². The molecule has 0 fully saturated rings. The highest BCUT2D eigenvalue weighted by Gasteiger charge is 2.21. The maximum absolute atomic E-state index is 5.26. The van der Waals surface area contributed by atoms with Crippen molar-refractivity contribution in [2.24, 2.45) is 0 Å². The van der Waals surface area contributed by atoms with Gasteiger partial charge in [-0.15, -0.1) is 0 Å². The molecule has 0 spiro atoms. The molecule has 0 amide bonds. The van der Waals surface area contributed by atoms with Crippen LogP contribution in [0.1, 0.15) is 28.4 Å². The lowest BCUT2D eigenvalue weighted by Gasteiger charge is -2.19. The summed E-state index contributed by atoms with van der Waals surface area (Å²) >= 11 is 0. The van der Waals surface area contributed by atoms with Crippen LogP contribution in [-0.4, -0.2) is 16.7 Å². The number of hydrogen-bond acceptors (Lipinski definition) is 2. The fourth-order valence-electron chi connectivity index (χ4n) is 3.42. The maximum Gasteiger partial charge on any atom is 0.120 e.